The number of anilines is 1. The zero-order valence-electron chi connectivity index (χ0n) is 12.4. The normalized spacial score (nSPS) is 12.0. The summed E-state index contributed by atoms with van der Waals surface area (Å²) in [7, 11) is 2.03. The Labute approximate surface area is 131 Å². The second-order valence-corrected chi connectivity index (χ2v) is 5.25. The highest BCUT2D eigenvalue weighted by Gasteiger charge is 2.20. The molecule has 0 saturated heterocycles. The summed E-state index contributed by atoms with van der Waals surface area (Å²) in [6.45, 7) is 3.06. The van der Waals surface area contributed by atoms with Crippen LogP contribution < -0.4 is 15.4 Å². The molecule has 3 nitrogen and oxygen atoms in total. The van der Waals surface area contributed by atoms with E-state index in [4.69, 9.17) is 22.1 Å². The Hall–Kier alpha value is -1.71. The van der Waals surface area contributed by atoms with Crippen LogP contribution in [0.1, 0.15) is 18.5 Å². The van der Waals surface area contributed by atoms with E-state index in [9.17, 15) is 0 Å². The highest BCUT2D eigenvalue weighted by molar-refractivity contribution is 6.30. The number of hydrogen-bond donors (Lipinski definition) is 1. The number of hydrogen-bond acceptors (Lipinski definition) is 3. The average molecular weight is 305 g/mol. The smallest absolute Gasteiger partial charge is 0.124 e. The van der Waals surface area contributed by atoms with E-state index in [1.165, 1.54) is 0 Å². The van der Waals surface area contributed by atoms with Crippen LogP contribution in [0, 0.1) is 0 Å². The molecular weight excluding hydrogens is 284 g/mol. The lowest BCUT2D eigenvalue weighted by molar-refractivity contribution is 0.334. The second-order valence-electron chi connectivity index (χ2n) is 4.81. The van der Waals surface area contributed by atoms with E-state index in [1.807, 2.05) is 50.4 Å². The van der Waals surface area contributed by atoms with E-state index in [0.717, 1.165) is 17.0 Å². The minimum atomic E-state index is 0.00708. The van der Waals surface area contributed by atoms with Crippen molar-refractivity contribution in [2.45, 2.75) is 13.0 Å². The fraction of sp³-hybridized carbons (Fsp3) is 0.294. The monoisotopic (exact) mass is 304 g/mol. The third kappa shape index (κ3) is 3.69. The van der Waals surface area contributed by atoms with Crippen LogP contribution in [-0.4, -0.2) is 20.2 Å². The molecule has 0 aliphatic carbocycles. The van der Waals surface area contributed by atoms with Gasteiger partial charge in [-0.2, -0.15) is 0 Å². The van der Waals surface area contributed by atoms with Gasteiger partial charge in [0.25, 0.3) is 0 Å². The highest BCUT2D eigenvalue weighted by atomic mass is 35.5. The van der Waals surface area contributed by atoms with Crippen molar-refractivity contribution in [3.8, 4) is 5.75 Å². The zero-order chi connectivity index (χ0) is 15.2. The van der Waals surface area contributed by atoms with Crippen LogP contribution in [0.2, 0.25) is 5.02 Å². The number of nitrogens with zero attached hydrogens (tertiary/aromatic N) is 1. The molecule has 21 heavy (non-hydrogen) atoms. The van der Waals surface area contributed by atoms with Gasteiger partial charge in [-0.05, 0) is 37.3 Å². The maximum absolute atomic E-state index is 6.15. The van der Waals surface area contributed by atoms with Crippen LogP contribution >= 0.6 is 11.6 Å². The summed E-state index contributed by atoms with van der Waals surface area (Å²) in [5, 5.41) is 0.688. The number of rotatable bonds is 6. The minimum absolute atomic E-state index is 0.00708. The first-order chi connectivity index (χ1) is 10.2. The maximum Gasteiger partial charge on any atom is 0.124 e. The van der Waals surface area contributed by atoms with Crippen molar-refractivity contribution in [3.63, 3.8) is 0 Å². The molecular formula is C17H21ClN2O. The molecule has 2 rings (SSSR count). The zero-order valence-corrected chi connectivity index (χ0v) is 13.2. The molecule has 2 aromatic rings. The second kappa shape index (κ2) is 7.34. The average Bonchev–Trinajstić information content (AvgIpc) is 2.51. The SMILES string of the molecule is CCOc1ccc(Cl)cc1C(CN)N(C)c1ccccc1. The summed E-state index contributed by atoms with van der Waals surface area (Å²) in [6, 6.07) is 15.8. The summed E-state index contributed by atoms with van der Waals surface area (Å²) >= 11 is 6.15. The van der Waals surface area contributed by atoms with Gasteiger partial charge in [-0.3, -0.25) is 0 Å². The maximum atomic E-state index is 6.15. The summed E-state index contributed by atoms with van der Waals surface area (Å²) in [5.41, 5.74) is 8.14. The van der Waals surface area contributed by atoms with Crippen molar-refractivity contribution >= 4 is 17.3 Å². The molecule has 0 heterocycles. The molecule has 4 heteroatoms. The van der Waals surface area contributed by atoms with E-state index in [1.54, 1.807) is 0 Å². The van der Waals surface area contributed by atoms with Gasteiger partial charge in [0, 0.05) is 29.9 Å². The molecule has 0 fully saturated rings. The Balaban J connectivity index is 2.39. The fourth-order valence-corrected chi connectivity index (χ4v) is 2.58. The molecule has 0 bridgehead atoms. The summed E-state index contributed by atoms with van der Waals surface area (Å²) in [5.74, 6) is 0.833. The lowest BCUT2D eigenvalue weighted by Gasteiger charge is -2.30. The van der Waals surface area contributed by atoms with Gasteiger partial charge in [0.2, 0.25) is 0 Å². The van der Waals surface area contributed by atoms with Crippen molar-refractivity contribution in [3.05, 3.63) is 59.1 Å². The van der Waals surface area contributed by atoms with E-state index in [-0.39, 0.29) is 6.04 Å². The molecule has 0 aromatic heterocycles. The third-order valence-corrected chi connectivity index (χ3v) is 3.72. The van der Waals surface area contributed by atoms with Crippen molar-refractivity contribution < 1.29 is 4.74 Å². The largest absolute Gasteiger partial charge is 0.494 e. The number of benzene rings is 2. The molecule has 0 aliphatic rings. The standard InChI is InChI=1S/C17H21ClN2O/c1-3-21-17-10-9-13(18)11-15(17)16(12-19)20(2)14-7-5-4-6-8-14/h4-11,16H,3,12,19H2,1-2H3. The van der Waals surface area contributed by atoms with Crippen LogP contribution in [0.5, 0.6) is 5.75 Å². The Bertz CT molecular complexity index is 574. The number of nitrogens with two attached hydrogens (primary N) is 1. The Morgan fingerprint density at radius 3 is 2.52 bits per heavy atom. The predicted octanol–water partition coefficient (Wildman–Crippen LogP) is 3.87. The van der Waals surface area contributed by atoms with Crippen molar-refractivity contribution in [1.29, 1.82) is 0 Å². The van der Waals surface area contributed by atoms with E-state index < -0.39 is 0 Å². The topological polar surface area (TPSA) is 38.5 Å². The molecule has 1 unspecified atom stereocenters. The molecule has 0 saturated carbocycles. The van der Waals surface area contributed by atoms with Gasteiger partial charge in [0.1, 0.15) is 5.75 Å². The quantitative estimate of drug-likeness (QED) is 0.880. The number of likely N-dealkylation sites (N-methyl/N-ethyl adjacent to an activating group) is 1. The van der Waals surface area contributed by atoms with Crippen LogP contribution in [-0.2, 0) is 0 Å². The first-order valence-electron chi connectivity index (χ1n) is 7.07. The van der Waals surface area contributed by atoms with Gasteiger partial charge in [-0.15, -0.1) is 0 Å². The molecule has 1 atom stereocenters. The predicted molar refractivity (Wildman–Crippen MR) is 89.3 cm³/mol. The Morgan fingerprint density at radius 1 is 1.19 bits per heavy atom. The Morgan fingerprint density at radius 2 is 1.90 bits per heavy atom. The summed E-state index contributed by atoms with van der Waals surface area (Å²) < 4.78 is 5.72. The molecule has 2 N–H and O–H groups in total. The van der Waals surface area contributed by atoms with Crippen molar-refractivity contribution in [2.75, 3.05) is 25.1 Å². The fourth-order valence-electron chi connectivity index (χ4n) is 2.40. The number of para-hydroxylation sites is 1. The van der Waals surface area contributed by atoms with Gasteiger partial charge in [-0.25, -0.2) is 0 Å². The van der Waals surface area contributed by atoms with Gasteiger partial charge >= 0.3 is 0 Å². The van der Waals surface area contributed by atoms with E-state index >= 15 is 0 Å². The van der Waals surface area contributed by atoms with Crippen LogP contribution in [0.15, 0.2) is 48.5 Å². The van der Waals surface area contributed by atoms with Gasteiger partial charge in [0.05, 0.1) is 12.6 Å². The Kier molecular flexibility index (Phi) is 5.48. The van der Waals surface area contributed by atoms with Gasteiger partial charge in [-0.1, -0.05) is 29.8 Å². The van der Waals surface area contributed by atoms with Crippen molar-refractivity contribution in [1.82, 2.24) is 0 Å². The molecule has 0 radical (unpaired) electrons. The van der Waals surface area contributed by atoms with Crippen LogP contribution in [0.4, 0.5) is 5.69 Å². The van der Waals surface area contributed by atoms with Gasteiger partial charge < -0.3 is 15.4 Å². The third-order valence-electron chi connectivity index (χ3n) is 3.48. The van der Waals surface area contributed by atoms with Crippen LogP contribution in [0.25, 0.3) is 0 Å². The van der Waals surface area contributed by atoms with E-state index in [2.05, 4.69) is 17.0 Å². The molecule has 0 amide bonds. The first-order valence-corrected chi connectivity index (χ1v) is 7.45. The molecule has 0 spiro atoms. The van der Waals surface area contributed by atoms with E-state index in [0.29, 0.717) is 18.2 Å². The van der Waals surface area contributed by atoms with Crippen molar-refractivity contribution in [2.24, 2.45) is 5.73 Å². The lowest BCUT2D eigenvalue weighted by Crippen LogP contribution is -2.30. The first kappa shape index (κ1) is 15.7. The molecule has 2 aromatic carbocycles. The lowest BCUT2D eigenvalue weighted by atomic mass is 10.0. The summed E-state index contributed by atoms with van der Waals surface area (Å²) in [6.07, 6.45) is 0. The molecule has 112 valence electrons. The van der Waals surface area contributed by atoms with Gasteiger partial charge in [0.15, 0.2) is 0 Å². The molecule has 0 aliphatic heterocycles. The minimum Gasteiger partial charge on any atom is -0.494 e. The highest BCUT2D eigenvalue weighted by Crippen LogP contribution is 2.33. The number of halogens is 1. The summed E-state index contributed by atoms with van der Waals surface area (Å²) in [4.78, 5) is 2.15. The van der Waals surface area contributed by atoms with Crippen LogP contribution in [0.3, 0.4) is 0 Å². The number of ether oxygens (including phenoxy) is 1.